The molecule has 2 aromatic carbocycles. The van der Waals surface area contributed by atoms with E-state index in [1.165, 1.54) is 23.1 Å². The molecule has 21 heavy (non-hydrogen) atoms. The topological polar surface area (TPSA) is 42.1 Å². The van der Waals surface area contributed by atoms with Crippen LogP contribution in [0.15, 0.2) is 48.5 Å². The number of anilines is 2. The molecular weight excluding hydrogens is 278 g/mol. The summed E-state index contributed by atoms with van der Waals surface area (Å²) < 4.78 is 1.26. The third-order valence-electron chi connectivity index (χ3n) is 3.85. The molecule has 0 saturated heterocycles. The highest BCUT2D eigenvalue weighted by atomic mass is 32.1. The number of benzene rings is 2. The van der Waals surface area contributed by atoms with Crippen LogP contribution in [0.1, 0.15) is 18.4 Å². The second-order valence-electron chi connectivity index (χ2n) is 5.56. The molecule has 1 heterocycles. The molecule has 0 amide bonds. The average molecular weight is 295 g/mol. The summed E-state index contributed by atoms with van der Waals surface area (Å²) in [7, 11) is 0. The molecule has 3 nitrogen and oxygen atoms in total. The quantitative estimate of drug-likeness (QED) is 0.738. The zero-order valence-corrected chi connectivity index (χ0v) is 12.5. The van der Waals surface area contributed by atoms with Gasteiger partial charge in [0.15, 0.2) is 5.13 Å². The fraction of sp³-hybridized carbons (Fsp3) is 0.235. The van der Waals surface area contributed by atoms with E-state index in [0.717, 1.165) is 22.9 Å². The van der Waals surface area contributed by atoms with Gasteiger partial charge in [-0.1, -0.05) is 35.6 Å². The Kier molecular flexibility index (Phi) is 3.04. The summed E-state index contributed by atoms with van der Waals surface area (Å²) >= 11 is 1.79. The number of nitrogens with two attached hydrogens (primary N) is 1. The molecule has 1 saturated carbocycles. The van der Waals surface area contributed by atoms with Crippen molar-refractivity contribution < 1.29 is 0 Å². The molecule has 4 rings (SSSR count). The SMILES string of the molecule is Nc1ccc(CN(c2nc3ccccc3s2)C2CC2)cc1. The van der Waals surface area contributed by atoms with Gasteiger partial charge in [0.2, 0.25) is 0 Å². The number of hydrogen-bond acceptors (Lipinski definition) is 4. The van der Waals surface area contributed by atoms with Crippen molar-refractivity contribution in [3.8, 4) is 0 Å². The molecule has 0 aliphatic heterocycles. The first-order valence-corrected chi connectivity index (χ1v) is 8.08. The van der Waals surface area contributed by atoms with Crippen molar-refractivity contribution in [2.24, 2.45) is 0 Å². The number of fused-ring (bicyclic) bond motifs is 1. The largest absolute Gasteiger partial charge is 0.399 e. The van der Waals surface area contributed by atoms with E-state index < -0.39 is 0 Å². The Morgan fingerprint density at radius 1 is 1.10 bits per heavy atom. The van der Waals surface area contributed by atoms with E-state index in [-0.39, 0.29) is 0 Å². The summed E-state index contributed by atoms with van der Waals surface area (Å²) in [6, 6.07) is 17.2. The minimum Gasteiger partial charge on any atom is -0.399 e. The van der Waals surface area contributed by atoms with Crippen LogP contribution < -0.4 is 10.6 Å². The molecule has 1 fully saturated rings. The first-order chi connectivity index (χ1) is 10.3. The summed E-state index contributed by atoms with van der Waals surface area (Å²) in [5.41, 5.74) is 8.97. The molecule has 1 aliphatic carbocycles. The Balaban J connectivity index is 1.66. The van der Waals surface area contributed by atoms with Crippen LogP contribution in [0.5, 0.6) is 0 Å². The summed E-state index contributed by atoms with van der Waals surface area (Å²) in [4.78, 5) is 7.25. The number of nitrogen functional groups attached to an aromatic ring is 1. The van der Waals surface area contributed by atoms with Gasteiger partial charge in [-0.05, 0) is 42.7 Å². The first-order valence-electron chi connectivity index (χ1n) is 7.26. The van der Waals surface area contributed by atoms with Crippen molar-refractivity contribution in [3.05, 3.63) is 54.1 Å². The molecular formula is C17H17N3S. The Labute approximate surface area is 128 Å². The van der Waals surface area contributed by atoms with Gasteiger partial charge in [0.05, 0.1) is 10.2 Å². The van der Waals surface area contributed by atoms with Gasteiger partial charge >= 0.3 is 0 Å². The zero-order valence-electron chi connectivity index (χ0n) is 11.7. The Morgan fingerprint density at radius 2 is 1.86 bits per heavy atom. The minimum absolute atomic E-state index is 0.642. The molecule has 0 spiro atoms. The first kappa shape index (κ1) is 12.7. The van der Waals surface area contributed by atoms with Crippen LogP contribution in [0.2, 0.25) is 0 Å². The molecule has 1 aromatic heterocycles. The van der Waals surface area contributed by atoms with Crippen molar-refractivity contribution in [2.45, 2.75) is 25.4 Å². The van der Waals surface area contributed by atoms with Crippen LogP contribution in [0.3, 0.4) is 0 Å². The van der Waals surface area contributed by atoms with Gasteiger partial charge < -0.3 is 10.6 Å². The predicted molar refractivity (Wildman–Crippen MR) is 89.7 cm³/mol. The second-order valence-corrected chi connectivity index (χ2v) is 6.57. The van der Waals surface area contributed by atoms with Gasteiger partial charge in [-0.3, -0.25) is 0 Å². The Morgan fingerprint density at radius 3 is 2.57 bits per heavy atom. The van der Waals surface area contributed by atoms with Crippen LogP contribution in [0.4, 0.5) is 10.8 Å². The number of hydrogen-bond donors (Lipinski definition) is 1. The lowest BCUT2D eigenvalue weighted by atomic mass is 10.2. The van der Waals surface area contributed by atoms with Crippen LogP contribution >= 0.6 is 11.3 Å². The Bertz CT molecular complexity index is 726. The van der Waals surface area contributed by atoms with E-state index in [1.807, 2.05) is 18.2 Å². The maximum atomic E-state index is 5.77. The van der Waals surface area contributed by atoms with Crippen LogP contribution in [-0.2, 0) is 6.54 Å². The maximum Gasteiger partial charge on any atom is 0.186 e. The highest BCUT2D eigenvalue weighted by Gasteiger charge is 2.31. The lowest BCUT2D eigenvalue weighted by Crippen LogP contribution is -2.24. The molecule has 106 valence electrons. The number of para-hydroxylation sites is 1. The van der Waals surface area contributed by atoms with Gasteiger partial charge in [0, 0.05) is 18.3 Å². The predicted octanol–water partition coefficient (Wildman–Crippen LogP) is 4.05. The van der Waals surface area contributed by atoms with Crippen molar-refractivity contribution in [1.29, 1.82) is 0 Å². The smallest absolute Gasteiger partial charge is 0.186 e. The van der Waals surface area contributed by atoms with Crippen LogP contribution in [0, 0.1) is 0 Å². The summed E-state index contributed by atoms with van der Waals surface area (Å²) in [5.74, 6) is 0. The van der Waals surface area contributed by atoms with Gasteiger partial charge in [-0.15, -0.1) is 0 Å². The number of rotatable bonds is 4. The average Bonchev–Trinajstić information content (AvgIpc) is 3.24. The third kappa shape index (κ3) is 2.59. The van der Waals surface area contributed by atoms with Gasteiger partial charge in [-0.25, -0.2) is 4.98 Å². The summed E-state index contributed by atoms with van der Waals surface area (Å²) in [6.45, 7) is 0.908. The number of nitrogens with zero attached hydrogens (tertiary/aromatic N) is 2. The molecule has 0 bridgehead atoms. The van der Waals surface area contributed by atoms with Crippen molar-refractivity contribution >= 4 is 32.4 Å². The second kappa shape index (κ2) is 5.04. The van der Waals surface area contributed by atoms with E-state index in [0.29, 0.717) is 6.04 Å². The fourth-order valence-corrected chi connectivity index (χ4v) is 3.58. The van der Waals surface area contributed by atoms with E-state index in [4.69, 9.17) is 10.7 Å². The highest BCUT2D eigenvalue weighted by Crippen LogP contribution is 2.37. The zero-order chi connectivity index (χ0) is 14.2. The summed E-state index contributed by atoms with van der Waals surface area (Å²) in [5, 5.41) is 1.13. The molecule has 3 aromatic rings. The molecule has 0 unspecified atom stereocenters. The lowest BCUT2D eigenvalue weighted by molar-refractivity contribution is 0.791. The summed E-state index contributed by atoms with van der Waals surface area (Å²) in [6.07, 6.45) is 2.54. The van der Waals surface area contributed by atoms with E-state index in [1.54, 1.807) is 11.3 Å². The molecule has 4 heteroatoms. The van der Waals surface area contributed by atoms with Gasteiger partial charge in [0.1, 0.15) is 0 Å². The number of aromatic nitrogens is 1. The lowest BCUT2D eigenvalue weighted by Gasteiger charge is -2.21. The van der Waals surface area contributed by atoms with Gasteiger partial charge in [-0.2, -0.15) is 0 Å². The molecule has 2 N–H and O–H groups in total. The van der Waals surface area contributed by atoms with Crippen LogP contribution in [-0.4, -0.2) is 11.0 Å². The van der Waals surface area contributed by atoms with E-state index in [9.17, 15) is 0 Å². The van der Waals surface area contributed by atoms with Crippen LogP contribution in [0.25, 0.3) is 10.2 Å². The standard InChI is InChI=1S/C17H17N3S/c18-13-7-5-12(6-8-13)11-20(14-9-10-14)17-19-15-3-1-2-4-16(15)21-17/h1-8,14H,9-11,18H2. The molecule has 1 aliphatic rings. The molecule has 0 radical (unpaired) electrons. The fourth-order valence-electron chi connectivity index (χ4n) is 2.54. The highest BCUT2D eigenvalue weighted by molar-refractivity contribution is 7.22. The van der Waals surface area contributed by atoms with Gasteiger partial charge in [0.25, 0.3) is 0 Å². The third-order valence-corrected chi connectivity index (χ3v) is 4.92. The van der Waals surface area contributed by atoms with Crippen molar-refractivity contribution in [2.75, 3.05) is 10.6 Å². The van der Waals surface area contributed by atoms with E-state index in [2.05, 4.69) is 35.2 Å². The van der Waals surface area contributed by atoms with Crippen molar-refractivity contribution in [1.82, 2.24) is 4.98 Å². The van der Waals surface area contributed by atoms with E-state index >= 15 is 0 Å². The molecule has 0 atom stereocenters. The Hall–Kier alpha value is -2.07. The van der Waals surface area contributed by atoms with Crippen molar-refractivity contribution in [3.63, 3.8) is 0 Å². The monoisotopic (exact) mass is 295 g/mol. The number of thiazole rings is 1. The minimum atomic E-state index is 0.642. The maximum absolute atomic E-state index is 5.77. The normalized spacial score (nSPS) is 14.5.